The van der Waals surface area contributed by atoms with E-state index >= 15 is 0 Å². The van der Waals surface area contributed by atoms with Crippen LogP contribution in [0.2, 0.25) is 5.02 Å². The number of hydrogen-bond acceptors (Lipinski definition) is 6. The predicted molar refractivity (Wildman–Crippen MR) is 181 cm³/mol. The summed E-state index contributed by atoms with van der Waals surface area (Å²) in [5.41, 5.74) is 4.21. The van der Waals surface area contributed by atoms with Crippen molar-refractivity contribution < 1.29 is 18.6 Å². The summed E-state index contributed by atoms with van der Waals surface area (Å²) < 4.78 is 32.6. The first kappa shape index (κ1) is 32.2. The van der Waals surface area contributed by atoms with Gasteiger partial charge in [0, 0.05) is 15.6 Å². The van der Waals surface area contributed by atoms with Crippen molar-refractivity contribution in [1.29, 1.82) is 0 Å². The van der Waals surface area contributed by atoms with Crippen LogP contribution in [0.3, 0.4) is 0 Å². The lowest BCUT2D eigenvalue weighted by molar-refractivity contribution is 0.284. The molecule has 0 spiro atoms. The van der Waals surface area contributed by atoms with Gasteiger partial charge in [0.15, 0.2) is 17.3 Å². The Morgan fingerprint density at radius 1 is 1.07 bits per heavy atom. The molecule has 5 aromatic rings. The van der Waals surface area contributed by atoms with Gasteiger partial charge in [-0.1, -0.05) is 49.7 Å². The summed E-state index contributed by atoms with van der Waals surface area (Å²) in [4.78, 5) is 18.8. The minimum atomic E-state index is -0.331. The number of benzene rings is 4. The Kier molecular flexibility index (Phi) is 9.90. The summed E-state index contributed by atoms with van der Waals surface area (Å²) in [6, 6.07) is 18.9. The molecule has 0 saturated carbocycles. The highest BCUT2D eigenvalue weighted by Crippen LogP contribution is 2.42. The molecule has 4 aromatic carbocycles. The van der Waals surface area contributed by atoms with Gasteiger partial charge in [0.2, 0.25) is 0 Å². The van der Waals surface area contributed by atoms with E-state index in [1.165, 1.54) is 30.1 Å². The fraction of sp³-hybridized carbons (Fsp3) is 0.229. The molecule has 232 valence electrons. The smallest absolute Gasteiger partial charge is 0.282 e. The number of methoxy groups -OCH3 is 1. The average molecular weight is 693 g/mol. The summed E-state index contributed by atoms with van der Waals surface area (Å²) in [5.74, 6) is 1.71. The summed E-state index contributed by atoms with van der Waals surface area (Å²) >= 11 is 10.3. The maximum absolute atomic E-state index is 13.9. The van der Waals surface area contributed by atoms with Crippen molar-refractivity contribution in [3.63, 3.8) is 0 Å². The van der Waals surface area contributed by atoms with Crippen molar-refractivity contribution in [2.75, 3.05) is 13.7 Å². The van der Waals surface area contributed by atoms with E-state index in [1.807, 2.05) is 38.1 Å². The van der Waals surface area contributed by atoms with Crippen molar-refractivity contribution in [3.8, 4) is 28.6 Å². The van der Waals surface area contributed by atoms with Gasteiger partial charge in [0.25, 0.3) is 5.56 Å². The normalized spacial score (nSPS) is 11.5. The number of rotatable bonds is 10. The second-order valence-electron chi connectivity index (χ2n) is 10.6. The van der Waals surface area contributed by atoms with Gasteiger partial charge < -0.3 is 14.2 Å². The second-order valence-corrected chi connectivity index (χ2v) is 11.8. The fourth-order valence-corrected chi connectivity index (χ4v) is 5.57. The summed E-state index contributed by atoms with van der Waals surface area (Å²) in [5, 5.41) is 5.34. The first-order valence-corrected chi connectivity index (χ1v) is 15.6. The third kappa shape index (κ3) is 6.74. The maximum Gasteiger partial charge on any atom is 0.282 e. The molecule has 5 rings (SSSR count). The van der Waals surface area contributed by atoms with Crippen LogP contribution in [0.25, 0.3) is 22.3 Å². The van der Waals surface area contributed by atoms with Crippen LogP contribution < -0.4 is 19.8 Å². The van der Waals surface area contributed by atoms with Gasteiger partial charge in [0.1, 0.15) is 23.2 Å². The van der Waals surface area contributed by atoms with Gasteiger partial charge >= 0.3 is 0 Å². The van der Waals surface area contributed by atoms with E-state index in [-0.39, 0.29) is 28.9 Å². The van der Waals surface area contributed by atoms with E-state index in [0.29, 0.717) is 44.9 Å². The number of hydrogen-bond donors (Lipinski definition) is 0. The monoisotopic (exact) mass is 691 g/mol. The molecule has 0 aliphatic rings. The van der Waals surface area contributed by atoms with Gasteiger partial charge in [-0.05, 0) is 94.9 Å². The minimum Gasteiger partial charge on any atom is -0.494 e. The first-order valence-electron chi connectivity index (χ1n) is 14.4. The molecule has 0 radical (unpaired) electrons. The maximum atomic E-state index is 13.9. The van der Waals surface area contributed by atoms with Crippen molar-refractivity contribution in [1.82, 2.24) is 9.66 Å². The lowest BCUT2D eigenvalue weighted by Crippen LogP contribution is -2.21. The number of halogens is 3. The largest absolute Gasteiger partial charge is 0.494 e. The molecule has 0 atom stereocenters. The zero-order valence-electron chi connectivity index (χ0n) is 25.5. The molecule has 7 nitrogen and oxygen atoms in total. The van der Waals surface area contributed by atoms with E-state index < -0.39 is 0 Å². The van der Waals surface area contributed by atoms with Crippen LogP contribution in [0.15, 0.2) is 81.1 Å². The van der Waals surface area contributed by atoms with Crippen molar-refractivity contribution in [2.45, 2.75) is 40.2 Å². The van der Waals surface area contributed by atoms with E-state index in [4.69, 9.17) is 30.8 Å². The summed E-state index contributed by atoms with van der Waals surface area (Å²) in [7, 11) is 1.50. The van der Waals surface area contributed by atoms with Crippen molar-refractivity contribution in [2.24, 2.45) is 5.10 Å². The van der Waals surface area contributed by atoms with E-state index in [1.54, 1.807) is 30.3 Å². The number of para-hydroxylation sites is 1. The highest BCUT2D eigenvalue weighted by molar-refractivity contribution is 9.10. The number of aryl methyl sites for hydroxylation is 1. The number of aromatic nitrogens is 2. The van der Waals surface area contributed by atoms with Gasteiger partial charge in [-0.2, -0.15) is 9.78 Å². The molecule has 0 bridgehead atoms. The van der Waals surface area contributed by atoms with E-state index in [9.17, 15) is 9.18 Å². The third-order valence-corrected chi connectivity index (χ3v) is 8.70. The van der Waals surface area contributed by atoms with Crippen LogP contribution >= 0.6 is 27.5 Å². The Labute approximate surface area is 274 Å². The van der Waals surface area contributed by atoms with Crippen LogP contribution in [0.5, 0.6) is 17.2 Å². The topological polar surface area (TPSA) is 74.9 Å². The molecule has 0 N–H and O–H groups in total. The highest BCUT2D eigenvalue weighted by Gasteiger charge is 2.20. The Bertz CT molecular complexity index is 1960. The van der Waals surface area contributed by atoms with Crippen LogP contribution in [0.1, 0.15) is 48.9 Å². The van der Waals surface area contributed by atoms with Gasteiger partial charge in [-0.3, -0.25) is 4.79 Å². The van der Waals surface area contributed by atoms with Crippen LogP contribution in [0.4, 0.5) is 4.39 Å². The Hall–Kier alpha value is -4.21. The molecule has 0 saturated heterocycles. The predicted octanol–water partition coefficient (Wildman–Crippen LogP) is 8.92. The lowest BCUT2D eigenvalue weighted by atomic mass is 9.96. The SMILES string of the molecule is CCOc1cc(C)c(-c2nc3ccccc3c(=O)n2N=Cc2cc(OC)c(OCc3ccc(F)cc3)c(Cl)c2Br)cc1C(C)C. The Morgan fingerprint density at radius 2 is 1.80 bits per heavy atom. The van der Waals surface area contributed by atoms with E-state index in [0.717, 1.165) is 28.0 Å². The fourth-order valence-electron chi connectivity index (χ4n) is 4.92. The molecule has 10 heteroatoms. The molecule has 0 amide bonds. The summed E-state index contributed by atoms with van der Waals surface area (Å²) in [6.45, 7) is 8.79. The molecule has 0 fully saturated rings. The zero-order valence-corrected chi connectivity index (χ0v) is 27.9. The number of fused-ring (bicyclic) bond motifs is 1. The quantitative estimate of drug-likeness (QED) is 0.137. The van der Waals surface area contributed by atoms with Crippen LogP contribution in [-0.2, 0) is 6.61 Å². The van der Waals surface area contributed by atoms with Gasteiger partial charge in [-0.15, -0.1) is 0 Å². The third-order valence-electron chi connectivity index (χ3n) is 7.26. The van der Waals surface area contributed by atoms with Gasteiger partial charge in [-0.25, -0.2) is 9.37 Å². The molecular formula is C35H32BrClFN3O4. The highest BCUT2D eigenvalue weighted by atomic mass is 79.9. The summed E-state index contributed by atoms with van der Waals surface area (Å²) in [6.07, 6.45) is 1.52. The average Bonchev–Trinajstić information content (AvgIpc) is 3.02. The number of nitrogens with zero attached hydrogens (tertiary/aromatic N) is 3. The van der Waals surface area contributed by atoms with Gasteiger partial charge in [0.05, 0.1) is 30.8 Å². The first-order chi connectivity index (χ1) is 21.6. The molecule has 0 aliphatic carbocycles. The van der Waals surface area contributed by atoms with E-state index in [2.05, 4.69) is 34.9 Å². The zero-order chi connectivity index (χ0) is 32.2. The number of ether oxygens (including phenoxy) is 3. The van der Waals surface area contributed by atoms with Crippen LogP contribution in [0, 0.1) is 12.7 Å². The second kappa shape index (κ2) is 13.8. The lowest BCUT2D eigenvalue weighted by Gasteiger charge is -2.18. The molecule has 1 aromatic heterocycles. The van der Waals surface area contributed by atoms with Crippen molar-refractivity contribution in [3.05, 3.63) is 115 Å². The molecule has 0 unspecified atom stereocenters. The molecule has 0 aliphatic heterocycles. The van der Waals surface area contributed by atoms with Crippen molar-refractivity contribution >= 4 is 44.6 Å². The molecule has 45 heavy (non-hydrogen) atoms. The Morgan fingerprint density at radius 3 is 2.49 bits per heavy atom. The molecule has 1 heterocycles. The van der Waals surface area contributed by atoms with Crippen LogP contribution in [-0.4, -0.2) is 29.6 Å². The Balaban J connectivity index is 1.62. The minimum absolute atomic E-state index is 0.150. The molecular weight excluding hydrogens is 661 g/mol. The standard InChI is InChI=1S/C35H32BrClFN3O4/c1-6-44-29-15-21(4)27(17-26(29)20(2)3)34-40-28-10-8-7-9-25(28)35(42)41(34)39-18-23-16-30(43-5)33(32(37)31(23)36)45-19-22-11-13-24(38)14-12-22/h7-18,20H,6,19H2,1-5H3.